The summed E-state index contributed by atoms with van der Waals surface area (Å²) in [5, 5.41) is 5.48. The van der Waals surface area contributed by atoms with Gasteiger partial charge in [0, 0.05) is 24.2 Å². The third-order valence-corrected chi connectivity index (χ3v) is 7.87. The van der Waals surface area contributed by atoms with Crippen molar-refractivity contribution in [1.82, 2.24) is 19.2 Å². The highest BCUT2D eigenvalue weighted by Crippen LogP contribution is 2.41. The monoisotopic (exact) mass is 494 g/mol. The largest absolute Gasteiger partial charge is 0.465 e. The first-order valence-electron chi connectivity index (χ1n) is 11.2. The third kappa shape index (κ3) is 4.58. The van der Waals surface area contributed by atoms with Gasteiger partial charge in [-0.05, 0) is 67.8 Å². The van der Waals surface area contributed by atoms with Gasteiger partial charge in [0.25, 0.3) is 0 Å². The first-order valence-corrected chi connectivity index (χ1v) is 12.1. The van der Waals surface area contributed by atoms with Crippen LogP contribution in [0.4, 0.5) is 4.39 Å². The maximum absolute atomic E-state index is 13.7. The summed E-state index contributed by atoms with van der Waals surface area (Å²) in [4.78, 5) is 27.9. The van der Waals surface area contributed by atoms with Crippen molar-refractivity contribution < 1.29 is 13.9 Å². The van der Waals surface area contributed by atoms with Crippen LogP contribution in [0.2, 0.25) is 0 Å². The van der Waals surface area contributed by atoms with Crippen molar-refractivity contribution in [3.8, 4) is 0 Å². The van der Waals surface area contributed by atoms with Crippen LogP contribution in [0.5, 0.6) is 0 Å². The van der Waals surface area contributed by atoms with E-state index in [1.165, 1.54) is 30.6 Å². The van der Waals surface area contributed by atoms with Crippen LogP contribution < -0.4 is 5.69 Å². The quantitative estimate of drug-likeness (QED) is 0.504. The van der Waals surface area contributed by atoms with Crippen LogP contribution in [0, 0.1) is 5.82 Å². The molecule has 0 aliphatic carbocycles. The Morgan fingerprint density at radius 3 is 2.73 bits per heavy atom. The van der Waals surface area contributed by atoms with E-state index >= 15 is 0 Å². The normalized spacial score (nSPS) is 17.0. The number of carbonyl (C=O) groups excluding carboxylic acids is 1. The van der Waals surface area contributed by atoms with Crippen molar-refractivity contribution in [1.29, 1.82) is 0 Å². The Kier molecular flexibility index (Phi) is 7.21. The molecule has 1 fully saturated rings. The number of hydrogen-bond donors (Lipinski definition) is 0. The van der Waals surface area contributed by atoms with Gasteiger partial charge in [0.15, 0.2) is 0 Å². The molecule has 1 saturated heterocycles. The topological polar surface area (TPSA) is 69.4 Å². The van der Waals surface area contributed by atoms with E-state index in [-0.39, 0.29) is 35.8 Å². The molecule has 33 heavy (non-hydrogen) atoms. The van der Waals surface area contributed by atoms with E-state index in [0.717, 1.165) is 79.8 Å². The molecule has 3 aromatic rings. The molecule has 10 heteroatoms. The minimum absolute atomic E-state index is 0. The minimum Gasteiger partial charge on any atom is -0.465 e. The lowest BCUT2D eigenvalue weighted by Crippen LogP contribution is -2.37. The summed E-state index contributed by atoms with van der Waals surface area (Å²) in [6, 6.07) is 4.73. The lowest BCUT2D eigenvalue weighted by Gasteiger charge is -2.32. The number of benzene rings is 1. The first-order chi connectivity index (χ1) is 15.5. The maximum Gasteiger partial charge on any atom is 0.348 e. The number of aromatic nitrogens is 3. The van der Waals surface area contributed by atoms with Gasteiger partial charge in [-0.1, -0.05) is 6.07 Å². The Hall–Kier alpha value is -2.23. The number of carbonyl (C=O) groups is 1. The number of likely N-dealkylation sites (tertiary alicyclic amines) is 1. The van der Waals surface area contributed by atoms with Gasteiger partial charge in [-0.3, -0.25) is 4.57 Å². The number of piperidine rings is 1. The fourth-order valence-electron chi connectivity index (χ4n) is 5.02. The number of hydrogen-bond acceptors (Lipinski definition) is 6. The molecule has 2 aliphatic heterocycles. The van der Waals surface area contributed by atoms with E-state index in [9.17, 15) is 14.0 Å². The Morgan fingerprint density at radius 2 is 2.00 bits per heavy atom. The molecule has 0 atom stereocenters. The van der Waals surface area contributed by atoms with Gasteiger partial charge in [-0.15, -0.1) is 23.7 Å². The smallest absolute Gasteiger partial charge is 0.348 e. The second kappa shape index (κ2) is 9.95. The molecule has 5 rings (SSSR count). The Morgan fingerprint density at radius 1 is 1.21 bits per heavy atom. The second-order valence-corrected chi connectivity index (χ2v) is 9.68. The second-order valence-electron chi connectivity index (χ2n) is 8.62. The number of halogens is 2. The van der Waals surface area contributed by atoms with E-state index < -0.39 is 0 Å². The molecule has 0 unspecified atom stereocenters. The number of rotatable bonds is 5. The third-order valence-electron chi connectivity index (χ3n) is 6.72. The molecular formula is C23H28ClFN4O3S. The van der Waals surface area contributed by atoms with Gasteiger partial charge in [0.1, 0.15) is 16.5 Å². The molecule has 0 spiro atoms. The van der Waals surface area contributed by atoms with Crippen LogP contribution in [0.15, 0.2) is 23.0 Å². The fraction of sp³-hybridized carbons (Fsp3) is 0.522. The molecule has 4 heterocycles. The van der Waals surface area contributed by atoms with Crippen LogP contribution in [0.1, 0.15) is 52.7 Å². The summed E-state index contributed by atoms with van der Waals surface area (Å²) in [5.41, 5.74) is 1.00. The molecule has 0 amide bonds. The highest BCUT2D eigenvalue weighted by molar-refractivity contribution is 7.21. The Balaban J connectivity index is 0.00000259. The zero-order valence-electron chi connectivity index (χ0n) is 18.6. The molecule has 2 aliphatic rings. The van der Waals surface area contributed by atoms with Crippen LogP contribution in [-0.4, -0.2) is 52.0 Å². The number of thiophene rings is 1. The molecule has 0 N–H and O–H groups in total. The summed E-state index contributed by atoms with van der Waals surface area (Å²) in [6.07, 6.45) is 4.84. The molecule has 178 valence electrons. The first kappa shape index (κ1) is 23.9. The molecular weight excluding hydrogens is 467 g/mol. The van der Waals surface area contributed by atoms with E-state index in [1.54, 1.807) is 10.7 Å². The van der Waals surface area contributed by atoms with Crippen molar-refractivity contribution in [3.05, 3.63) is 50.8 Å². The summed E-state index contributed by atoms with van der Waals surface area (Å²) in [5.74, 6) is 0.484. The number of methoxy groups -OCH3 is 1. The SMILES string of the molecule is COC(=O)c1sc2cc(F)ccc2c1C1CCN(CCn2nc3n(c2=O)CCCC3)CC1.Cl. The lowest BCUT2D eigenvalue weighted by molar-refractivity contribution is 0.0604. The maximum atomic E-state index is 13.7. The molecule has 1 aromatic carbocycles. The minimum atomic E-state index is -0.354. The van der Waals surface area contributed by atoms with E-state index in [0.29, 0.717) is 11.4 Å². The standard InChI is InChI=1S/C23H27FN4O3S.ClH/c1-31-22(29)21-20(17-6-5-16(24)14-18(17)32-21)15-7-10-26(11-8-15)12-13-28-23(30)27-9-3-2-4-19(27)25-28;/h5-6,14-15H,2-4,7-13H2,1H3;1H. The van der Waals surface area contributed by atoms with Crippen molar-refractivity contribution in [3.63, 3.8) is 0 Å². The van der Waals surface area contributed by atoms with Gasteiger partial charge in [0.05, 0.1) is 13.7 Å². The van der Waals surface area contributed by atoms with Gasteiger partial charge in [-0.2, -0.15) is 5.10 Å². The average Bonchev–Trinajstić information content (AvgIpc) is 3.35. The van der Waals surface area contributed by atoms with Crippen molar-refractivity contribution >= 4 is 39.8 Å². The van der Waals surface area contributed by atoms with Crippen molar-refractivity contribution in [2.24, 2.45) is 0 Å². The summed E-state index contributed by atoms with van der Waals surface area (Å²) in [6.45, 7) is 3.92. The van der Waals surface area contributed by atoms with E-state index in [4.69, 9.17) is 4.74 Å². The number of nitrogens with zero attached hydrogens (tertiary/aromatic N) is 4. The van der Waals surface area contributed by atoms with E-state index in [2.05, 4.69) is 10.00 Å². The van der Waals surface area contributed by atoms with Crippen molar-refractivity contribution in [2.45, 2.75) is 51.1 Å². The van der Waals surface area contributed by atoms with Gasteiger partial charge in [0.2, 0.25) is 0 Å². The number of esters is 1. The predicted molar refractivity (Wildman–Crippen MR) is 128 cm³/mol. The number of fused-ring (bicyclic) bond motifs is 2. The zero-order chi connectivity index (χ0) is 22.2. The van der Waals surface area contributed by atoms with Crippen LogP contribution >= 0.6 is 23.7 Å². The number of aryl methyl sites for hydroxylation is 1. The molecule has 0 bridgehead atoms. The van der Waals surface area contributed by atoms with Gasteiger partial charge < -0.3 is 9.64 Å². The summed E-state index contributed by atoms with van der Waals surface area (Å²) >= 11 is 1.31. The van der Waals surface area contributed by atoms with Gasteiger partial charge >= 0.3 is 11.7 Å². The molecule has 7 nitrogen and oxygen atoms in total. The molecule has 0 saturated carbocycles. The van der Waals surface area contributed by atoms with Gasteiger partial charge in [-0.25, -0.2) is 18.7 Å². The Labute approximate surface area is 201 Å². The molecule has 0 radical (unpaired) electrons. The fourth-order valence-corrected chi connectivity index (χ4v) is 6.25. The van der Waals surface area contributed by atoms with Crippen molar-refractivity contribution in [2.75, 3.05) is 26.7 Å². The summed E-state index contributed by atoms with van der Waals surface area (Å²) in [7, 11) is 1.38. The average molecular weight is 495 g/mol. The Bertz CT molecular complexity index is 1210. The van der Waals surface area contributed by atoms with Crippen LogP contribution in [-0.2, 0) is 24.2 Å². The van der Waals surface area contributed by atoms with E-state index in [1.807, 2.05) is 4.57 Å². The molecule has 2 aromatic heterocycles. The zero-order valence-corrected chi connectivity index (χ0v) is 20.2. The van der Waals surface area contributed by atoms with Crippen LogP contribution in [0.25, 0.3) is 10.1 Å². The van der Waals surface area contributed by atoms with Crippen LogP contribution in [0.3, 0.4) is 0 Å². The highest BCUT2D eigenvalue weighted by atomic mass is 35.5. The highest BCUT2D eigenvalue weighted by Gasteiger charge is 2.29. The predicted octanol–water partition coefficient (Wildman–Crippen LogP) is 3.82. The lowest BCUT2D eigenvalue weighted by atomic mass is 9.87. The summed E-state index contributed by atoms with van der Waals surface area (Å²) < 4.78 is 23.0. The number of ether oxygens (including phenoxy) is 1.